The van der Waals surface area contributed by atoms with E-state index in [9.17, 15) is 18.7 Å². The lowest BCUT2D eigenvalue weighted by atomic mass is 10.2. The highest BCUT2D eigenvalue weighted by Crippen LogP contribution is 2.53. The summed E-state index contributed by atoms with van der Waals surface area (Å²) in [6.07, 6.45) is 0.615. The SMILES string of the molecule is CC(C)(C)S(=O)N[C@@H](CCC(=O)O)P(=O)(CCc1ccccc1)OCc1ccccc1. The van der Waals surface area contributed by atoms with Crippen LogP contribution in [0.15, 0.2) is 60.7 Å². The monoisotopic (exact) mass is 465 g/mol. The molecule has 6 nitrogen and oxygen atoms in total. The number of aliphatic carboxylic acids is 1. The molecule has 2 rings (SSSR count). The Balaban J connectivity index is 2.29. The minimum absolute atomic E-state index is 0.0675. The number of benzene rings is 2. The Morgan fingerprint density at radius 1 is 1.06 bits per heavy atom. The second kappa shape index (κ2) is 11.7. The van der Waals surface area contributed by atoms with Crippen LogP contribution in [0.3, 0.4) is 0 Å². The van der Waals surface area contributed by atoms with E-state index >= 15 is 0 Å². The first-order valence-electron chi connectivity index (χ1n) is 10.3. The third kappa shape index (κ3) is 8.69. The van der Waals surface area contributed by atoms with Crippen LogP contribution in [-0.2, 0) is 37.9 Å². The second-order valence-corrected chi connectivity index (χ2v) is 13.2. The highest BCUT2D eigenvalue weighted by atomic mass is 32.2. The van der Waals surface area contributed by atoms with Crippen LogP contribution in [-0.4, -0.2) is 32.0 Å². The fourth-order valence-corrected chi connectivity index (χ4v) is 6.62. The predicted octanol–water partition coefficient (Wildman–Crippen LogP) is 4.97. The fourth-order valence-electron chi connectivity index (χ4n) is 2.89. The molecule has 3 atom stereocenters. The zero-order valence-electron chi connectivity index (χ0n) is 18.3. The molecule has 0 spiro atoms. The molecular formula is C23H32NO5PS. The maximum absolute atomic E-state index is 14.1. The van der Waals surface area contributed by atoms with Gasteiger partial charge >= 0.3 is 5.97 Å². The predicted molar refractivity (Wildman–Crippen MR) is 126 cm³/mol. The van der Waals surface area contributed by atoms with E-state index in [1.807, 2.05) is 81.4 Å². The number of aryl methyl sites for hydroxylation is 1. The van der Waals surface area contributed by atoms with Crippen molar-refractivity contribution in [1.82, 2.24) is 4.72 Å². The molecule has 0 aromatic heterocycles. The van der Waals surface area contributed by atoms with Gasteiger partial charge in [0.15, 0.2) is 0 Å². The van der Waals surface area contributed by atoms with Crippen molar-refractivity contribution in [3.63, 3.8) is 0 Å². The molecule has 2 aromatic rings. The molecule has 31 heavy (non-hydrogen) atoms. The van der Waals surface area contributed by atoms with E-state index in [2.05, 4.69) is 4.72 Å². The van der Waals surface area contributed by atoms with Crippen molar-refractivity contribution in [2.75, 3.05) is 6.16 Å². The van der Waals surface area contributed by atoms with E-state index in [1.54, 1.807) is 0 Å². The molecule has 2 N–H and O–H groups in total. The molecule has 0 saturated carbocycles. The van der Waals surface area contributed by atoms with E-state index in [4.69, 9.17) is 4.52 Å². The third-order valence-electron chi connectivity index (χ3n) is 4.75. The summed E-state index contributed by atoms with van der Waals surface area (Å²) in [6, 6.07) is 19.1. The van der Waals surface area contributed by atoms with Gasteiger partial charge in [0.05, 0.1) is 28.1 Å². The van der Waals surface area contributed by atoms with Crippen molar-refractivity contribution < 1.29 is 23.2 Å². The van der Waals surface area contributed by atoms with Gasteiger partial charge in [0.2, 0.25) is 7.37 Å². The molecule has 2 unspecified atom stereocenters. The first-order valence-corrected chi connectivity index (χ1v) is 13.3. The molecule has 2 aromatic carbocycles. The Bertz CT molecular complexity index is 852. The summed E-state index contributed by atoms with van der Waals surface area (Å²) in [6.45, 7) is 5.57. The van der Waals surface area contributed by atoms with Crippen molar-refractivity contribution >= 4 is 24.3 Å². The van der Waals surface area contributed by atoms with Gasteiger partial charge in [-0.05, 0) is 44.7 Å². The standard InChI is InChI=1S/C23H32NO5PS/c1-23(2,3)31(28)24-21(14-15-22(25)26)30(27,17-16-19-10-6-4-7-11-19)29-18-20-12-8-5-9-13-20/h4-13,21,24H,14-18H2,1-3H3,(H,25,26)/t21-,30?,31?/m1/s1. The fraction of sp³-hybridized carbons (Fsp3) is 0.435. The molecule has 0 aliphatic rings. The summed E-state index contributed by atoms with van der Waals surface area (Å²) < 4.78 is 35.3. The van der Waals surface area contributed by atoms with E-state index in [-0.39, 0.29) is 25.6 Å². The second-order valence-electron chi connectivity index (χ2n) is 8.39. The summed E-state index contributed by atoms with van der Waals surface area (Å²) in [4.78, 5) is 11.2. The highest BCUT2D eigenvalue weighted by Gasteiger charge is 2.37. The molecule has 8 heteroatoms. The zero-order chi connectivity index (χ0) is 22.9. The normalized spacial score (nSPS) is 15.7. The summed E-state index contributed by atoms with van der Waals surface area (Å²) in [5.41, 5.74) is 1.89. The number of carboxylic acid groups (broad SMARTS) is 1. The van der Waals surface area contributed by atoms with Gasteiger partial charge in [0, 0.05) is 12.6 Å². The van der Waals surface area contributed by atoms with Crippen LogP contribution in [0.5, 0.6) is 0 Å². The Kier molecular flexibility index (Phi) is 9.63. The maximum Gasteiger partial charge on any atom is 0.303 e. The van der Waals surface area contributed by atoms with E-state index < -0.39 is 34.9 Å². The van der Waals surface area contributed by atoms with Crippen molar-refractivity contribution in [2.45, 2.75) is 57.2 Å². The van der Waals surface area contributed by atoms with Gasteiger partial charge in [-0.1, -0.05) is 60.7 Å². The smallest absolute Gasteiger partial charge is 0.303 e. The number of rotatable bonds is 12. The third-order valence-corrected chi connectivity index (χ3v) is 9.29. The minimum atomic E-state index is -3.41. The first-order chi connectivity index (χ1) is 14.6. The zero-order valence-corrected chi connectivity index (χ0v) is 20.0. The van der Waals surface area contributed by atoms with Crippen LogP contribution < -0.4 is 4.72 Å². The number of carbonyl (C=O) groups is 1. The number of hydrogen-bond donors (Lipinski definition) is 2. The molecule has 0 heterocycles. The van der Waals surface area contributed by atoms with E-state index in [1.165, 1.54) is 0 Å². The largest absolute Gasteiger partial charge is 0.481 e. The molecule has 0 radical (unpaired) electrons. The van der Waals surface area contributed by atoms with Crippen molar-refractivity contribution in [1.29, 1.82) is 0 Å². The maximum atomic E-state index is 14.1. The number of hydrogen-bond acceptors (Lipinski definition) is 4. The topological polar surface area (TPSA) is 92.7 Å². The Labute approximate surface area is 187 Å². The number of nitrogens with one attached hydrogen (secondary N) is 1. The lowest BCUT2D eigenvalue weighted by molar-refractivity contribution is -0.137. The van der Waals surface area contributed by atoms with Gasteiger partial charge in [-0.25, -0.2) is 8.93 Å². The first kappa shape index (κ1) is 25.5. The van der Waals surface area contributed by atoms with Crippen LogP contribution in [0.25, 0.3) is 0 Å². The molecule has 0 aliphatic heterocycles. The van der Waals surface area contributed by atoms with E-state index in [0.717, 1.165) is 11.1 Å². The molecule has 0 bridgehead atoms. The lowest BCUT2D eigenvalue weighted by Gasteiger charge is -2.30. The molecular weight excluding hydrogens is 433 g/mol. The number of carboxylic acids is 1. The summed E-state index contributed by atoms with van der Waals surface area (Å²) in [5, 5.41) is 9.20. The Morgan fingerprint density at radius 2 is 1.61 bits per heavy atom. The van der Waals surface area contributed by atoms with Crippen LogP contribution in [0.4, 0.5) is 0 Å². The minimum Gasteiger partial charge on any atom is -0.481 e. The quantitative estimate of drug-likeness (QED) is 0.432. The van der Waals surface area contributed by atoms with Gasteiger partial charge in [-0.15, -0.1) is 0 Å². The summed E-state index contributed by atoms with van der Waals surface area (Å²) in [5.74, 6) is -1.82. The van der Waals surface area contributed by atoms with Crippen molar-refractivity contribution in [3.8, 4) is 0 Å². The average Bonchev–Trinajstić information content (AvgIpc) is 2.74. The Morgan fingerprint density at radius 3 is 2.13 bits per heavy atom. The van der Waals surface area contributed by atoms with Crippen LogP contribution in [0, 0.1) is 0 Å². The van der Waals surface area contributed by atoms with Crippen molar-refractivity contribution in [2.24, 2.45) is 0 Å². The van der Waals surface area contributed by atoms with Gasteiger partial charge < -0.3 is 9.63 Å². The summed E-state index contributed by atoms with van der Waals surface area (Å²) >= 11 is 0. The van der Waals surface area contributed by atoms with Crippen LogP contribution >= 0.6 is 7.37 Å². The lowest BCUT2D eigenvalue weighted by Crippen LogP contribution is -2.40. The van der Waals surface area contributed by atoms with Crippen LogP contribution in [0.1, 0.15) is 44.7 Å². The van der Waals surface area contributed by atoms with Crippen LogP contribution in [0.2, 0.25) is 0 Å². The van der Waals surface area contributed by atoms with Gasteiger partial charge in [-0.3, -0.25) is 9.36 Å². The average molecular weight is 466 g/mol. The molecule has 0 fully saturated rings. The Hall–Kier alpha value is -1.79. The summed E-state index contributed by atoms with van der Waals surface area (Å²) in [7, 11) is -4.93. The highest BCUT2D eigenvalue weighted by molar-refractivity contribution is 7.84. The molecule has 0 amide bonds. The van der Waals surface area contributed by atoms with E-state index in [0.29, 0.717) is 6.42 Å². The molecule has 170 valence electrons. The molecule has 0 saturated heterocycles. The molecule has 0 aliphatic carbocycles. The van der Waals surface area contributed by atoms with Crippen molar-refractivity contribution in [3.05, 3.63) is 71.8 Å². The van der Waals surface area contributed by atoms with Gasteiger partial charge in [0.1, 0.15) is 0 Å². The van der Waals surface area contributed by atoms with Gasteiger partial charge in [-0.2, -0.15) is 0 Å². The van der Waals surface area contributed by atoms with Gasteiger partial charge in [0.25, 0.3) is 0 Å².